The minimum Gasteiger partial charge on any atom is -0.480 e. The number of carbonyl (C=O) groups is 5. The number of benzene rings is 1. The number of nitrogens with one attached hydrogen (secondary N) is 3. The zero-order valence-corrected chi connectivity index (χ0v) is 18.3. The Morgan fingerprint density at radius 1 is 0.939 bits per heavy atom. The number of hydrogen-bond acceptors (Lipinski definition) is 7. The van der Waals surface area contributed by atoms with Gasteiger partial charge in [-0.3, -0.25) is 19.2 Å². The summed E-state index contributed by atoms with van der Waals surface area (Å²) < 4.78 is 0. The molecule has 12 heteroatoms. The van der Waals surface area contributed by atoms with Gasteiger partial charge in [0.05, 0.1) is 19.0 Å². The third-order valence-corrected chi connectivity index (χ3v) is 4.68. The van der Waals surface area contributed by atoms with Crippen molar-refractivity contribution < 1.29 is 29.1 Å². The van der Waals surface area contributed by atoms with Gasteiger partial charge in [-0.25, -0.2) is 4.79 Å². The Hall–Kier alpha value is -3.51. The number of carbonyl (C=O) groups excluding carboxylic acids is 4. The van der Waals surface area contributed by atoms with Crippen LogP contribution in [0.3, 0.4) is 0 Å². The minimum atomic E-state index is -1.55. The molecule has 1 rings (SSSR count). The molecule has 0 aromatic heterocycles. The highest BCUT2D eigenvalue weighted by Crippen LogP contribution is 2.05. The van der Waals surface area contributed by atoms with E-state index in [2.05, 4.69) is 16.0 Å². The van der Waals surface area contributed by atoms with Crippen LogP contribution in [0, 0.1) is 0 Å². The van der Waals surface area contributed by atoms with Crippen molar-refractivity contribution in [1.29, 1.82) is 0 Å². The molecular formula is C21H32N6O6. The zero-order valence-electron chi connectivity index (χ0n) is 18.3. The Bertz CT molecular complexity index is 819. The fourth-order valence-electron chi connectivity index (χ4n) is 2.92. The van der Waals surface area contributed by atoms with Crippen LogP contribution in [-0.4, -0.2) is 65.9 Å². The number of primary amides is 1. The molecule has 0 spiro atoms. The fourth-order valence-corrected chi connectivity index (χ4v) is 2.92. The van der Waals surface area contributed by atoms with Gasteiger partial charge in [0, 0.05) is 6.42 Å². The highest BCUT2D eigenvalue weighted by molar-refractivity contribution is 5.93. The summed E-state index contributed by atoms with van der Waals surface area (Å²) in [5, 5.41) is 16.3. The van der Waals surface area contributed by atoms with Gasteiger partial charge in [-0.15, -0.1) is 0 Å². The molecule has 0 aliphatic rings. The van der Waals surface area contributed by atoms with Crippen molar-refractivity contribution in [1.82, 2.24) is 16.0 Å². The number of aliphatic carboxylic acids is 1. The second-order valence-corrected chi connectivity index (χ2v) is 7.49. The number of rotatable bonds is 15. The quantitative estimate of drug-likeness (QED) is 0.140. The van der Waals surface area contributed by atoms with E-state index in [4.69, 9.17) is 17.2 Å². The molecule has 3 unspecified atom stereocenters. The van der Waals surface area contributed by atoms with Crippen LogP contribution in [0.15, 0.2) is 30.3 Å². The molecule has 0 aliphatic carbocycles. The topological polar surface area (TPSA) is 220 Å². The van der Waals surface area contributed by atoms with Crippen molar-refractivity contribution in [3.05, 3.63) is 35.9 Å². The number of unbranched alkanes of at least 4 members (excludes halogenated alkanes) is 1. The van der Waals surface area contributed by atoms with Crippen LogP contribution in [0.1, 0.15) is 31.2 Å². The van der Waals surface area contributed by atoms with Crippen LogP contribution >= 0.6 is 0 Å². The molecule has 10 N–H and O–H groups in total. The number of amides is 4. The zero-order chi connectivity index (χ0) is 24.8. The maximum atomic E-state index is 12.7. The molecule has 1 aromatic rings. The van der Waals surface area contributed by atoms with Gasteiger partial charge in [0.1, 0.15) is 12.1 Å². The Morgan fingerprint density at radius 3 is 2.18 bits per heavy atom. The molecule has 0 heterocycles. The molecule has 0 aliphatic heterocycles. The molecule has 4 amide bonds. The van der Waals surface area contributed by atoms with Gasteiger partial charge >= 0.3 is 5.97 Å². The number of carboxylic acid groups (broad SMARTS) is 1. The SMILES string of the molecule is NCCCCC(N)C(=O)NCC(=O)NC(Cc1ccccc1)C(=O)NC(CC(N)=O)C(=O)O. The van der Waals surface area contributed by atoms with Crippen molar-refractivity contribution >= 4 is 29.6 Å². The molecule has 0 fully saturated rings. The first-order valence-corrected chi connectivity index (χ1v) is 10.5. The molecule has 0 saturated carbocycles. The Kier molecular flexibility index (Phi) is 12.1. The molecule has 0 saturated heterocycles. The van der Waals surface area contributed by atoms with E-state index < -0.39 is 60.7 Å². The lowest BCUT2D eigenvalue weighted by molar-refractivity contribution is -0.143. The van der Waals surface area contributed by atoms with Crippen molar-refractivity contribution in [3.8, 4) is 0 Å². The summed E-state index contributed by atoms with van der Waals surface area (Å²) in [7, 11) is 0. The molecular weight excluding hydrogens is 432 g/mol. The fraction of sp³-hybridized carbons (Fsp3) is 0.476. The van der Waals surface area contributed by atoms with Crippen molar-refractivity contribution in [3.63, 3.8) is 0 Å². The average molecular weight is 465 g/mol. The smallest absolute Gasteiger partial charge is 0.326 e. The standard InChI is InChI=1S/C21H32N6O6/c22-9-5-4-8-14(23)19(30)25-12-18(29)26-15(10-13-6-2-1-3-7-13)20(31)27-16(21(32)33)11-17(24)28/h1-3,6-7,14-16H,4-5,8-12,22-23H2,(H2,24,28)(H,25,30)(H,26,29)(H,27,31)(H,32,33). The lowest BCUT2D eigenvalue weighted by Gasteiger charge is -2.21. The predicted octanol–water partition coefficient (Wildman–Crippen LogP) is -2.27. The van der Waals surface area contributed by atoms with E-state index in [1.165, 1.54) is 0 Å². The molecule has 1 aromatic carbocycles. The third kappa shape index (κ3) is 11.1. The largest absolute Gasteiger partial charge is 0.480 e. The summed E-state index contributed by atoms with van der Waals surface area (Å²) in [5.74, 6) is -4.35. The van der Waals surface area contributed by atoms with E-state index in [9.17, 15) is 29.1 Å². The van der Waals surface area contributed by atoms with E-state index in [0.29, 0.717) is 24.9 Å². The van der Waals surface area contributed by atoms with Crippen molar-refractivity contribution in [2.75, 3.05) is 13.1 Å². The Balaban J connectivity index is 2.78. The highest BCUT2D eigenvalue weighted by atomic mass is 16.4. The number of nitrogens with two attached hydrogens (primary N) is 3. The maximum Gasteiger partial charge on any atom is 0.326 e. The monoisotopic (exact) mass is 464 g/mol. The lowest BCUT2D eigenvalue weighted by atomic mass is 10.0. The van der Waals surface area contributed by atoms with Gasteiger partial charge in [-0.1, -0.05) is 36.8 Å². The maximum absolute atomic E-state index is 12.7. The lowest BCUT2D eigenvalue weighted by Crippen LogP contribution is -2.55. The summed E-state index contributed by atoms with van der Waals surface area (Å²) >= 11 is 0. The van der Waals surface area contributed by atoms with E-state index in [1.54, 1.807) is 30.3 Å². The van der Waals surface area contributed by atoms with Crippen molar-refractivity contribution in [2.24, 2.45) is 17.2 Å². The van der Waals surface area contributed by atoms with E-state index >= 15 is 0 Å². The molecule has 12 nitrogen and oxygen atoms in total. The minimum absolute atomic E-state index is 0.0495. The average Bonchev–Trinajstić information content (AvgIpc) is 2.76. The van der Waals surface area contributed by atoms with Crippen LogP contribution in [0.4, 0.5) is 0 Å². The molecule has 0 bridgehead atoms. The van der Waals surface area contributed by atoms with E-state index in [1.807, 2.05) is 0 Å². The van der Waals surface area contributed by atoms with Crippen LogP contribution < -0.4 is 33.2 Å². The van der Waals surface area contributed by atoms with Gasteiger partial charge in [-0.2, -0.15) is 0 Å². The van der Waals surface area contributed by atoms with Crippen LogP contribution in [0.5, 0.6) is 0 Å². The predicted molar refractivity (Wildman–Crippen MR) is 119 cm³/mol. The van der Waals surface area contributed by atoms with Crippen LogP contribution in [0.25, 0.3) is 0 Å². The van der Waals surface area contributed by atoms with Crippen LogP contribution in [-0.2, 0) is 30.4 Å². The van der Waals surface area contributed by atoms with Gasteiger partial charge in [-0.05, 0) is 24.9 Å². The summed E-state index contributed by atoms with van der Waals surface area (Å²) in [4.78, 5) is 59.6. The van der Waals surface area contributed by atoms with E-state index in [0.717, 1.165) is 6.42 Å². The molecule has 33 heavy (non-hydrogen) atoms. The van der Waals surface area contributed by atoms with Gasteiger partial charge in [0.2, 0.25) is 23.6 Å². The molecule has 0 radical (unpaired) electrons. The first-order valence-electron chi connectivity index (χ1n) is 10.5. The summed E-state index contributed by atoms with van der Waals surface area (Å²) in [5.41, 5.74) is 16.9. The Labute approximate surface area is 191 Å². The van der Waals surface area contributed by atoms with Gasteiger partial charge in [0.15, 0.2) is 0 Å². The summed E-state index contributed by atoms with van der Waals surface area (Å²) in [6.07, 6.45) is 1.26. The normalized spacial score (nSPS) is 13.3. The Morgan fingerprint density at radius 2 is 1.61 bits per heavy atom. The number of hydrogen-bond donors (Lipinski definition) is 7. The summed E-state index contributed by atoms with van der Waals surface area (Å²) in [6, 6.07) is 5.21. The van der Waals surface area contributed by atoms with E-state index in [-0.39, 0.29) is 6.42 Å². The summed E-state index contributed by atoms with van der Waals surface area (Å²) in [6.45, 7) is 0.0649. The van der Waals surface area contributed by atoms with Gasteiger partial charge < -0.3 is 38.3 Å². The second kappa shape index (κ2) is 14.5. The first kappa shape index (κ1) is 27.5. The van der Waals surface area contributed by atoms with Crippen molar-refractivity contribution in [2.45, 2.75) is 50.2 Å². The van der Waals surface area contributed by atoms with Gasteiger partial charge in [0.25, 0.3) is 0 Å². The highest BCUT2D eigenvalue weighted by Gasteiger charge is 2.28. The third-order valence-electron chi connectivity index (χ3n) is 4.68. The molecule has 182 valence electrons. The molecule has 3 atom stereocenters. The number of carboxylic acids is 1. The van der Waals surface area contributed by atoms with Crippen LogP contribution in [0.2, 0.25) is 0 Å². The first-order chi connectivity index (χ1) is 15.6. The second-order valence-electron chi connectivity index (χ2n) is 7.49.